The standard InChI is InChI=1S/C31H33ClN2O3/c32-23-14-12-22(13-15-23)29-28(30(36)33-20-6-9-21-7-2-1-3-8-21)26-10-4-5-11-27(26)31(37)34(29)24-16-18-25(35)19-17-24/h1-5,7-8,10-15,24-25,28-29,35H,6,9,16-20H2,(H,33,36)/t24-,25-,28-,29+/m1/s1. The van der Waals surface area contributed by atoms with Gasteiger partial charge in [0.15, 0.2) is 0 Å². The van der Waals surface area contributed by atoms with Crippen molar-refractivity contribution in [3.8, 4) is 0 Å². The number of nitrogens with zero attached hydrogens (tertiary/aromatic N) is 1. The number of halogens is 1. The average molecular weight is 517 g/mol. The number of rotatable bonds is 7. The van der Waals surface area contributed by atoms with Gasteiger partial charge in [0.2, 0.25) is 5.91 Å². The molecular weight excluding hydrogens is 484 g/mol. The first kappa shape index (κ1) is 25.5. The third-order valence-electron chi connectivity index (χ3n) is 7.71. The lowest BCUT2D eigenvalue weighted by Gasteiger charge is -2.47. The molecule has 2 aliphatic rings. The first-order valence-corrected chi connectivity index (χ1v) is 13.6. The van der Waals surface area contributed by atoms with E-state index in [9.17, 15) is 14.7 Å². The number of aliphatic hydroxyl groups is 1. The van der Waals surface area contributed by atoms with Crippen molar-refractivity contribution in [3.05, 3.63) is 106 Å². The molecule has 2 N–H and O–H groups in total. The van der Waals surface area contributed by atoms with Gasteiger partial charge in [-0.15, -0.1) is 0 Å². The van der Waals surface area contributed by atoms with Gasteiger partial charge in [-0.1, -0.05) is 72.3 Å². The molecule has 0 bridgehead atoms. The fourth-order valence-corrected chi connectivity index (χ4v) is 5.97. The summed E-state index contributed by atoms with van der Waals surface area (Å²) in [5.41, 5.74) is 3.49. The third-order valence-corrected chi connectivity index (χ3v) is 7.97. The summed E-state index contributed by atoms with van der Waals surface area (Å²) in [4.78, 5) is 29.8. The van der Waals surface area contributed by atoms with E-state index in [1.54, 1.807) is 0 Å². The molecule has 0 unspecified atom stereocenters. The van der Waals surface area contributed by atoms with E-state index in [0.717, 1.165) is 24.0 Å². The third kappa shape index (κ3) is 5.58. The van der Waals surface area contributed by atoms with Crippen molar-refractivity contribution in [1.29, 1.82) is 0 Å². The number of hydrogen-bond donors (Lipinski definition) is 2. The van der Waals surface area contributed by atoms with E-state index < -0.39 is 12.0 Å². The molecular formula is C31H33ClN2O3. The van der Waals surface area contributed by atoms with Gasteiger partial charge >= 0.3 is 0 Å². The summed E-state index contributed by atoms with van der Waals surface area (Å²) in [5.74, 6) is -0.669. The quantitative estimate of drug-likeness (QED) is 0.397. The summed E-state index contributed by atoms with van der Waals surface area (Å²) in [7, 11) is 0. The minimum absolute atomic E-state index is 0.0432. The molecule has 0 saturated heterocycles. The van der Waals surface area contributed by atoms with Gasteiger partial charge in [0.05, 0.1) is 18.1 Å². The Morgan fingerprint density at radius 2 is 1.59 bits per heavy atom. The van der Waals surface area contributed by atoms with Crippen LogP contribution < -0.4 is 5.32 Å². The van der Waals surface area contributed by atoms with E-state index in [0.29, 0.717) is 42.8 Å². The lowest BCUT2D eigenvalue weighted by molar-refractivity contribution is -0.124. The van der Waals surface area contributed by atoms with Crippen molar-refractivity contribution in [2.45, 2.75) is 62.6 Å². The van der Waals surface area contributed by atoms with Gasteiger partial charge in [-0.2, -0.15) is 0 Å². The predicted octanol–water partition coefficient (Wildman–Crippen LogP) is 5.67. The van der Waals surface area contributed by atoms with Gasteiger partial charge in [0.25, 0.3) is 5.91 Å². The Balaban J connectivity index is 1.47. The molecule has 37 heavy (non-hydrogen) atoms. The molecule has 0 radical (unpaired) electrons. The Morgan fingerprint density at radius 3 is 2.32 bits per heavy atom. The van der Waals surface area contributed by atoms with Crippen molar-refractivity contribution in [1.82, 2.24) is 10.2 Å². The Bertz CT molecular complexity index is 1220. The van der Waals surface area contributed by atoms with Crippen molar-refractivity contribution < 1.29 is 14.7 Å². The number of carbonyl (C=O) groups is 2. The largest absolute Gasteiger partial charge is 0.393 e. The lowest BCUT2D eigenvalue weighted by Crippen LogP contribution is -2.52. The second-order valence-corrected chi connectivity index (χ2v) is 10.6. The Labute approximate surface area is 223 Å². The first-order valence-electron chi connectivity index (χ1n) is 13.2. The van der Waals surface area contributed by atoms with Gasteiger partial charge in [0, 0.05) is 23.2 Å². The molecule has 6 heteroatoms. The van der Waals surface area contributed by atoms with Crippen LogP contribution in [0.25, 0.3) is 0 Å². The number of amides is 2. The fraction of sp³-hybridized carbons (Fsp3) is 0.355. The molecule has 1 aliphatic carbocycles. The van der Waals surface area contributed by atoms with Crippen LogP contribution in [0.1, 0.15) is 71.1 Å². The monoisotopic (exact) mass is 516 g/mol. The average Bonchev–Trinajstić information content (AvgIpc) is 2.93. The van der Waals surface area contributed by atoms with Gasteiger partial charge in [-0.3, -0.25) is 9.59 Å². The van der Waals surface area contributed by atoms with Crippen LogP contribution in [0.15, 0.2) is 78.9 Å². The Morgan fingerprint density at radius 1 is 0.919 bits per heavy atom. The van der Waals surface area contributed by atoms with E-state index in [2.05, 4.69) is 17.4 Å². The van der Waals surface area contributed by atoms with Crippen LogP contribution in [-0.2, 0) is 11.2 Å². The molecule has 1 saturated carbocycles. The molecule has 5 nitrogen and oxygen atoms in total. The lowest BCUT2D eigenvalue weighted by atomic mass is 9.77. The highest BCUT2D eigenvalue weighted by Gasteiger charge is 2.46. The molecule has 5 rings (SSSR count). The predicted molar refractivity (Wildman–Crippen MR) is 146 cm³/mol. The number of benzene rings is 3. The highest BCUT2D eigenvalue weighted by atomic mass is 35.5. The topological polar surface area (TPSA) is 69.6 Å². The first-order chi connectivity index (χ1) is 18.0. The SMILES string of the molecule is O=C(NCCCc1ccccc1)[C@@H]1c2ccccc2C(=O)N([C@H]2CC[C@H](O)CC2)[C@H]1c1ccc(Cl)cc1. The molecule has 3 aromatic rings. The minimum Gasteiger partial charge on any atom is -0.393 e. The zero-order valence-corrected chi connectivity index (χ0v) is 21.6. The van der Waals surface area contributed by atoms with Crippen molar-refractivity contribution in [2.24, 2.45) is 0 Å². The molecule has 1 fully saturated rings. The highest BCUT2D eigenvalue weighted by Crippen LogP contribution is 2.46. The molecule has 0 spiro atoms. The maximum absolute atomic E-state index is 13.9. The number of fused-ring (bicyclic) bond motifs is 1. The highest BCUT2D eigenvalue weighted by molar-refractivity contribution is 6.30. The van der Waals surface area contributed by atoms with Gasteiger partial charge < -0.3 is 15.3 Å². The summed E-state index contributed by atoms with van der Waals surface area (Å²) in [5, 5.41) is 13.9. The number of hydrogen-bond acceptors (Lipinski definition) is 3. The maximum atomic E-state index is 13.9. The summed E-state index contributed by atoms with van der Waals surface area (Å²) >= 11 is 6.21. The molecule has 2 amide bonds. The van der Waals surface area contributed by atoms with E-state index in [1.807, 2.05) is 71.6 Å². The van der Waals surface area contributed by atoms with E-state index >= 15 is 0 Å². The van der Waals surface area contributed by atoms with Gasteiger partial charge in [-0.25, -0.2) is 0 Å². The van der Waals surface area contributed by atoms with Crippen LogP contribution in [0.5, 0.6) is 0 Å². The summed E-state index contributed by atoms with van der Waals surface area (Å²) in [6, 6.07) is 24.7. The summed E-state index contributed by atoms with van der Waals surface area (Å²) < 4.78 is 0. The summed E-state index contributed by atoms with van der Waals surface area (Å²) in [6.45, 7) is 0.559. The van der Waals surface area contributed by atoms with Crippen LogP contribution in [0.2, 0.25) is 5.02 Å². The molecule has 192 valence electrons. The van der Waals surface area contributed by atoms with Crippen LogP contribution in [0.4, 0.5) is 0 Å². The molecule has 1 heterocycles. The normalized spacial score (nSPS) is 23.4. The number of aryl methyl sites for hydroxylation is 1. The second-order valence-electron chi connectivity index (χ2n) is 10.1. The van der Waals surface area contributed by atoms with Crippen LogP contribution >= 0.6 is 11.6 Å². The molecule has 2 atom stereocenters. The maximum Gasteiger partial charge on any atom is 0.254 e. The van der Waals surface area contributed by atoms with Crippen molar-refractivity contribution in [3.63, 3.8) is 0 Å². The smallest absolute Gasteiger partial charge is 0.254 e. The van der Waals surface area contributed by atoms with Crippen molar-refractivity contribution >= 4 is 23.4 Å². The molecule has 1 aliphatic heterocycles. The van der Waals surface area contributed by atoms with Gasteiger partial charge in [0.1, 0.15) is 0 Å². The summed E-state index contributed by atoms with van der Waals surface area (Å²) in [6.07, 6.45) is 4.12. The number of aliphatic hydroxyl groups excluding tert-OH is 1. The van der Waals surface area contributed by atoms with Crippen LogP contribution in [0, 0.1) is 0 Å². The number of carbonyl (C=O) groups excluding carboxylic acids is 2. The zero-order chi connectivity index (χ0) is 25.8. The van der Waals surface area contributed by atoms with Crippen LogP contribution in [0.3, 0.4) is 0 Å². The van der Waals surface area contributed by atoms with E-state index in [4.69, 9.17) is 11.6 Å². The second kappa shape index (κ2) is 11.5. The van der Waals surface area contributed by atoms with E-state index in [-0.39, 0.29) is 24.0 Å². The zero-order valence-electron chi connectivity index (χ0n) is 20.9. The fourth-order valence-electron chi connectivity index (χ4n) is 5.84. The Kier molecular flexibility index (Phi) is 7.92. The molecule has 3 aromatic carbocycles. The Hall–Kier alpha value is -3.15. The number of nitrogens with one attached hydrogen (secondary N) is 1. The van der Waals surface area contributed by atoms with Crippen LogP contribution in [-0.4, -0.2) is 40.5 Å². The van der Waals surface area contributed by atoms with E-state index in [1.165, 1.54) is 5.56 Å². The van der Waals surface area contributed by atoms with Gasteiger partial charge in [-0.05, 0) is 73.4 Å². The minimum atomic E-state index is -0.543. The van der Waals surface area contributed by atoms with Crippen molar-refractivity contribution in [2.75, 3.05) is 6.54 Å². The molecule has 0 aromatic heterocycles.